The first-order valence-corrected chi connectivity index (χ1v) is 10.6. The average Bonchev–Trinajstić information content (AvgIpc) is 2.78. The molecule has 0 saturated heterocycles. The van der Waals surface area contributed by atoms with Gasteiger partial charge in [-0.15, -0.1) is 0 Å². The predicted octanol–water partition coefficient (Wildman–Crippen LogP) is 6.05. The molecule has 4 rings (SSSR count). The van der Waals surface area contributed by atoms with E-state index in [1.165, 1.54) is 12.1 Å². The van der Waals surface area contributed by atoms with Crippen LogP contribution in [0.4, 0.5) is 10.1 Å². The molecule has 7 heteroatoms. The van der Waals surface area contributed by atoms with E-state index in [0.717, 1.165) is 22.0 Å². The minimum absolute atomic E-state index is 0.0251. The summed E-state index contributed by atoms with van der Waals surface area (Å²) in [6.07, 6.45) is 2.64. The van der Waals surface area contributed by atoms with Crippen molar-refractivity contribution in [1.82, 2.24) is 4.98 Å². The molecule has 5 nitrogen and oxygen atoms in total. The van der Waals surface area contributed by atoms with Crippen molar-refractivity contribution in [3.05, 3.63) is 94.4 Å². The summed E-state index contributed by atoms with van der Waals surface area (Å²) in [5.74, 6) is 0.707. The summed E-state index contributed by atoms with van der Waals surface area (Å²) in [6, 6.07) is 16.5. The fourth-order valence-corrected chi connectivity index (χ4v) is 3.78. The molecule has 0 unspecified atom stereocenters. The quantitative estimate of drug-likeness (QED) is 0.323. The van der Waals surface area contributed by atoms with E-state index in [4.69, 9.17) is 16.3 Å². The molecule has 1 aromatic heterocycles. The van der Waals surface area contributed by atoms with Crippen LogP contribution in [0.5, 0.6) is 11.5 Å². The molecule has 33 heavy (non-hydrogen) atoms. The first-order chi connectivity index (χ1) is 15.9. The number of aromatic nitrogens is 1. The molecule has 1 heterocycles. The minimum Gasteiger partial charge on any atom is -0.457 e. The van der Waals surface area contributed by atoms with Gasteiger partial charge in [-0.25, -0.2) is 4.39 Å². The molecule has 166 valence electrons. The Kier molecular flexibility index (Phi) is 6.66. The third-order valence-electron chi connectivity index (χ3n) is 5.22. The molecular formula is C26H20ClFN2O3. The third-order valence-corrected chi connectivity index (χ3v) is 5.57. The van der Waals surface area contributed by atoms with Crippen LogP contribution in [-0.4, -0.2) is 17.2 Å². The fraction of sp³-hybridized carbons (Fsp3) is 0.115. The number of hydrogen-bond acceptors (Lipinski definition) is 4. The average molecular weight is 463 g/mol. The zero-order valence-corrected chi connectivity index (χ0v) is 18.5. The lowest BCUT2D eigenvalue weighted by atomic mass is 10.0. The first kappa shape index (κ1) is 22.4. The molecule has 1 amide bonds. The van der Waals surface area contributed by atoms with Gasteiger partial charge in [-0.1, -0.05) is 29.8 Å². The number of halogens is 2. The van der Waals surface area contributed by atoms with Gasteiger partial charge in [0.15, 0.2) is 0 Å². The number of nitrogens with zero attached hydrogens (tertiary/aromatic N) is 1. The summed E-state index contributed by atoms with van der Waals surface area (Å²) < 4.78 is 19.1. The van der Waals surface area contributed by atoms with Gasteiger partial charge >= 0.3 is 0 Å². The van der Waals surface area contributed by atoms with E-state index in [2.05, 4.69) is 10.3 Å². The smallest absolute Gasteiger partial charge is 0.211 e. The number of fused-ring (bicyclic) bond motifs is 1. The lowest BCUT2D eigenvalue weighted by Gasteiger charge is -2.12. The van der Waals surface area contributed by atoms with Crippen LogP contribution in [0.15, 0.2) is 66.9 Å². The Bertz CT molecular complexity index is 1340. The van der Waals surface area contributed by atoms with Gasteiger partial charge in [0.2, 0.25) is 6.41 Å². The summed E-state index contributed by atoms with van der Waals surface area (Å²) in [6.45, 7) is 1.89. The molecular weight excluding hydrogens is 443 g/mol. The Morgan fingerprint density at radius 1 is 1.09 bits per heavy atom. The summed E-state index contributed by atoms with van der Waals surface area (Å²) >= 11 is 6.43. The monoisotopic (exact) mass is 462 g/mol. The number of carbonyl (C=O) groups excluding carboxylic acids is 2. The zero-order valence-electron chi connectivity index (χ0n) is 17.8. The second-order valence-electron chi connectivity index (χ2n) is 7.63. The Hall–Kier alpha value is -3.77. The molecule has 0 saturated carbocycles. The SMILES string of the molecule is Cc1cc2nccc(Oc3ccc(CC(=O)Cc4ccc(F)cc4)c(Cl)c3)c2cc1NC=O. The standard InChI is InChI=1S/C26H20ClFN2O3/c1-16-10-25-22(14-24(16)30-15-31)26(8-9-29-25)33-21-7-4-18(23(27)13-21)12-20(32)11-17-2-5-19(28)6-3-17/h2-10,13-15H,11-12H2,1H3,(H,30,31). The zero-order chi connectivity index (χ0) is 23.4. The van der Waals surface area contributed by atoms with Crippen molar-refractivity contribution in [3.8, 4) is 11.5 Å². The Morgan fingerprint density at radius 3 is 2.61 bits per heavy atom. The summed E-state index contributed by atoms with van der Waals surface area (Å²) in [7, 11) is 0. The number of rotatable bonds is 8. The van der Waals surface area contributed by atoms with Crippen molar-refractivity contribution in [1.29, 1.82) is 0 Å². The van der Waals surface area contributed by atoms with E-state index < -0.39 is 0 Å². The summed E-state index contributed by atoms with van der Waals surface area (Å²) in [4.78, 5) is 27.7. The number of ketones is 1. The molecule has 0 aliphatic carbocycles. The van der Waals surface area contributed by atoms with Crippen molar-refractivity contribution < 1.29 is 18.7 Å². The molecule has 0 aliphatic rings. The number of carbonyl (C=O) groups is 2. The number of aryl methyl sites for hydroxylation is 1. The van der Waals surface area contributed by atoms with Crippen LogP contribution < -0.4 is 10.1 Å². The first-order valence-electron chi connectivity index (χ1n) is 10.2. The Balaban J connectivity index is 1.52. The van der Waals surface area contributed by atoms with E-state index in [-0.39, 0.29) is 24.4 Å². The normalized spacial score (nSPS) is 10.8. The van der Waals surface area contributed by atoms with Gasteiger partial charge in [0.25, 0.3) is 0 Å². The minimum atomic E-state index is -0.335. The van der Waals surface area contributed by atoms with Gasteiger partial charge in [0.05, 0.1) is 5.52 Å². The number of ether oxygens (including phenoxy) is 1. The highest BCUT2D eigenvalue weighted by atomic mass is 35.5. The largest absolute Gasteiger partial charge is 0.457 e. The number of nitrogens with one attached hydrogen (secondary N) is 1. The van der Waals surface area contributed by atoms with Gasteiger partial charge in [-0.05, 0) is 66.1 Å². The number of benzene rings is 3. The van der Waals surface area contributed by atoms with Crippen LogP contribution in [0.2, 0.25) is 5.02 Å². The lowest BCUT2D eigenvalue weighted by molar-refractivity contribution is -0.117. The second kappa shape index (κ2) is 9.79. The van der Waals surface area contributed by atoms with Crippen LogP contribution in [0.3, 0.4) is 0 Å². The van der Waals surface area contributed by atoms with Crippen molar-refractivity contribution in [2.24, 2.45) is 0 Å². The maximum absolute atomic E-state index is 13.0. The highest BCUT2D eigenvalue weighted by Gasteiger charge is 2.12. The van der Waals surface area contributed by atoms with Crippen molar-refractivity contribution >= 4 is 40.4 Å². The van der Waals surface area contributed by atoms with Crippen molar-refractivity contribution in [2.75, 3.05) is 5.32 Å². The van der Waals surface area contributed by atoms with Crippen LogP contribution in [0.1, 0.15) is 16.7 Å². The van der Waals surface area contributed by atoms with Crippen LogP contribution in [0, 0.1) is 12.7 Å². The molecule has 4 aromatic rings. The number of pyridine rings is 1. The highest BCUT2D eigenvalue weighted by molar-refractivity contribution is 6.31. The third kappa shape index (κ3) is 5.35. The topological polar surface area (TPSA) is 68.3 Å². The molecule has 3 aromatic carbocycles. The molecule has 0 radical (unpaired) electrons. The maximum Gasteiger partial charge on any atom is 0.211 e. The maximum atomic E-state index is 13.0. The van der Waals surface area contributed by atoms with Gasteiger partial charge in [-0.2, -0.15) is 0 Å². The number of Topliss-reactive ketones (excluding diaryl/α,β-unsaturated/α-hetero) is 1. The molecule has 0 spiro atoms. The Morgan fingerprint density at radius 2 is 1.88 bits per heavy atom. The summed E-state index contributed by atoms with van der Waals surface area (Å²) in [5.41, 5.74) is 3.72. The highest BCUT2D eigenvalue weighted by Crippen LogP contribution is 2.33. The van der Waals surface area contributed by atoms with Crippen LogP contribution in [-0.2, 0) is 22.4 Å². The van der Waals surface area contributed by atoms with Crippen molar-refractivity contribution in [2.45, 2.75) is 19.8 Å². The van der Waals surface area contributed by atoms with E-state index in [9.17, 15) is 14.0 Å². The van der Waals surface area contributed by atoms with E-state index in [1.807, 2.05) is 19.1 Å². The molecule has 0 fully saturated rings. The number of amides is 1. The van der Waals surface area contributed by atoms with Gasteiger partial charge in [0, 0.05) is 35.1 Å². The van der Waals surface area contributed by atoms with Crippen LogP contribution in [0.25, 0.3) is 10.9 Å². The number of hydrogen-bond donors (Lipinski definition) is 1. The molecule has 0 atom stereocenters. The lowest BCUT2D eigenvalue weighted by Crippen LogP contribution is -2.07. The Labute approximate surface area is 195 Å². The van der Waals surface area contributed by atoms with Gasteiger partial charge in [-0.3, -0.25) is 14.6 Å². The van der Waals surface area contributed by atoms with Gasteiger partial charge < -0.3 is 10.1 Å². The van der Waals surface area contributed by atoms with E-state index in [1.54, 1.807) is 42.6 Å². The molecule has 0 bridgehead atoms. The van der Waals surface area contributed by atoms with E-state index in [0.29, 0.717) is 34.2 Å². The van der Waals surface area contributed by atoms with Crippen molar-refractivity contribution in [3.63, 3.8) is 0 Å². The summed E-state index contributed by atoms with van der Waals surface area (Å²) in [5, 5.41) is 3.83. The van der Waals surface area contributed by atoms with E-state index >= 15 is 0 Å². The fourth-order valence-electron chi connectivity index (χ4n) is 3.55. The molecule has 1 N–H and O–H groups in total. The molecule has 0 aliphatic heterocycles. The second-order valence-corrected chi connectivity index (χ2v) is 8.04. The predicted molar refractivity (Wildman–Crippen MR) is 127 cm³/mol. The number of anilines is 1. The van der Waals surface area contributed by atoms with Crippen LogP contribution >= 0.6 is 11.6 Å². The van der Waals surface area contributed by atoms with Gasteiger partial charge in [0.1, 0.15) is 23.1 Å².